The SMILES string of the molecule is O=C(C1CCCCC1)N1CCC(Br)C1. The summed E-state index contributed by atoms with van der Waals surface area (Å²) < 4.78 is 0. The first kappa shape index (κ1) is 10.5. The third-order valence-corrected chi connectivity index (χ3v) is 4.14. The second-order valence-electron chi connectivity index (χ2n) is 4.51. The molecule has 1 unspecified atom stereocenters. The van der Waals surface area contributed by atoms with Gasteiger partial charge in [-0.25, -0.2) is 0 Å². The Hall–Kier alpha value is -0.0500. The van der Waals surface area contributed by atoms with Crippen molar-refractivity contribution >= 4 is 21.8 Å². The number of hydrogen-bond donors (Lipinski definition) is 0. The molecule has 2 rings (SSSR count). The molecule has 0 bridgehead atoms. The molecule has 1 aliphatic carbocycles. The normalized spacial score (nSPS) is 29.5. The zero-order chi connectivity index (χ0) is 9.97. The minimum Gasteiger partial charge on any atom is -0.341 e. The molecule has 0 spiro atoms. The van der Waals surface area contributed by atoms with Gasteiger partial charge >= 0.3 is 0 Å². The van der Waals surface area contributed by atoms with Crippen molar-refractivity contribution in [3.05, 3.63) is 0 Å². The van der Waals surface area contributed by atoms with E-state index < -0.39 is 0 Å². The van der Waals surface area contributed by atoms with E-state index in [-0.39, 0.29) is 0 Å². The van der Waals surface area contributed by atoms with E-state index in [9.17, 15) is 4.79 Å². The van der Waals surface area contributed by atoms with Crippen molar-refractivity contribution in [3.8, 4) is 0 Å². The third kappa shape index (κ3) is 2.30. The average Bonchev–Trinajstić information content (AvgIpc) is 2.65. The van der Waals surface area contributed by atoms with E-state index in [0.717, 1.165) is 32.4 Å². The molecule has 2 nitrogen and oxygen atoms in total. The molecule has 14 heavy (non-hydrogen) atoms. The van der Waals surface area contributed by atoms with Crippen LogP contribution in [0.1, 0.15) is 38.5 Å². The Kier molecular flexibility index (Phi) is 3.47. The van der Waals surface area contributed by atoms with Crippen molar-refractivity contribution in [2.45, 2.75) is 43.4 Å². The number of amides is 1. The van der Waals surface area contributed by atoms with Crippen LogP contribution in [0.15, 0.2) is 0 Å². The number of carbonyl (C=O) groups excluding carboxylic acids is 1. The third-order valence-electron chi connectivity index (χ3n) is 3.40. The Balaban J connectivity index is 1.87. The topological polar surface area (TPSA) is 20.3 Å². The van der Waals surface area contributed by atoms with Crippen LogP contribution < -0.4 is 0 Å². The number of likely N-dealkylation sites (tertiary alicyclic amines) is 1. The van der Waals surface area contributed by atoms with Crippen LogP contribution >= 0.6 is 15.9 Å². The largest absolute Gasteiger partial charge is 0.341 e. The highest BCUT2D eigenvalue weighted by Gasteiger charge is 2.30. The van der Waals surface area contributed by atoms with Gasteiger partial charge in [0.15, 0.2) is 0 Å². The predicted molar refractivity (Wildman–Crippen MR) is 60.5 cm³/mol. The van der Waals surface area contributed by atoms with Crippen molar-refractivity contribution in [2.75, 3.05) is 13.1 Å². The molecule has 3 heteroatoms. The van der Waals surface area contributed by atoms with Gasteiger partial charge < -0.3 is 4.90 Å². The fourth-order valence-electron chi connectivity index (χ4n) is 2.53. The van der Waals surface area contributed by atoms with E-state index in [2.05, 4.69) is 20.8 Å². The summed E-state index contributed by atoms with van der Waals surface area (Å²) in [5.74, 6) is 0.771. The number of halogens is 1. The first-order chi connectivity index (χ1) is 6.77. The summed E-state index contributed by atoms with van der Waals surface area (Å²) in [6.07, 6.45) is 7.21. The summed E-state index contributed by atoms with van der Waals surface area (Å²) in [6, 6.07) is 0. The molecule has 1 atom stereocenters. The van der Waals surface area contributed by atoms with Crippen LogP contribution in [0.2, 0.25) is 0 Å². The van der Waals surface area contributed by atoms with Crippen LogP contribution in [-0.4, -0.2) is 28.7 Å². The molecule has 0 aromatic carbocycles. The van der Waals surface area contributed by atoms with Crippen LogP contribution in [0.5, 0.6) is 0 Å². The lowest BCUT2D eigenvalue weighted by Crippen LogP contribution is -2.35. The molecule has 0 aromatic heterocycles. The maximum Gasteiger partial charge on any atom is 0.225 e. The lowest BCUT2D eigenvalue weighted by Gasteiger charge is -2.25. The van der Waals surface area contributed by atoms with Crippen LogP contribution in [0.4, 0.5) is 0 Å². The molecule has 2 aliphatic rings. The predicted octanol–water partition coefficient (Wildman–Crippen LogP) is 2.56. The summed E-state index contributed by atoms with van der Waals surface area (Å²) in [5, 5.41) is 0. The van der Waals surface area contributed by atoms with Crippen molar-refractivity contribution in [2.24, 2.45) is 5.92 Å². The Morgan fingerprint density at radius 3 is 2.43 bits per heavy atom. The molecular formula is C11H18BrNO. The number of carbonyl (C=O) groups is 1. The minimum absolute atomic E-state index is 0.349. The molecule has 0 radical (unpaired) electrons. The molecule has 1 heterocycles. The van der Waals surface area contributed by atoms with Gasteiger partial charge in [-0.1, -0.05) is 35.2 Å². The van der Waals surface area contributed by atoms with Gasteiger partial charge in [-0.15, -0.1) is 0 Å². The van der Waals surface area contributed by atoms with Crippen molar-refractivity contribution in [1.82, 2.24) is 4.90 Å². The van der Waals surface area contributed by atoms with Gasteiger partial charge in [0.25, 0.3) is 0 Å². The van der Waals surface area contributed by atoms with Gasteiger partial charge in [-0.05, 0) is 19.3 Å². The summed E-state index contributed by atoms with van der Waals surface area (Å²) in [6.45, 7) is 1.89. The lowest BCUT2D eigenvalue weighted by molar-refractivity contribution is -0.135. The average molecular weight is 260 g/mol. The van der Waals surface area contributed by atoms with E-state index in [1.54, 1.807) is 0 Å². The van der Waals surface area contributed by atoms with Gasteiger partial charge in [0.05, 0.1) is 0 Å². The quantitative estimate of drug-likeness (QED) is 0.663. The highest BCUT2D eigenvalue weighted by molar-refractivity contribution is 9.09. The number of alkyl halides is 1. The smallest absolute Gasteiger partial charge is 0.225 e. The Labute approximate surface area is 94.2 Å². The molecule has 1 aliphatic heterocycles. The van der Waals surface area contributed by atoms with E-state index >= 15 is 0 Å². The van der Waals surface area contributed by atoms with Crippen molar-refractivity contribution < 1.29 is 4.79 Å². The van der Waals surface area contributed by atoms with Gasteiger partial charge in [0, 0.05) is 23.8 Å². The van der Waals surface area contributed by atoms with E-state index in [1.807, 2.05) is 0 Å². The molecule has 1 saturated carbocycles. The Morgan fingerprint density at radius 2 is 1.86 bits per heavy atom. The fourth-order valence-corrected chi connectivity index (χ4v) is 3.08. The molecule has 2 fully saturated rings. The van der Waals surface area contributed by atoms with Gasteiger partial charge in [-0.3, -0.25) is 4.79 Å². The van der Waals surface area contributed by atoms with Crippen LogP contribution in [0.25, 0.3) is 0 Å². The number of hydrogen-bond acceptors (Lipinski definition) is 1. The maximum absolute atomic E-state index is 12.1. The first-order valence-corrected chi connectivity index (χ1v) is 6.62. The summed E-state index contributed by atoms with van der Waals surface area (Å²) in [4.78, 5) is 14.6. The molecule has 80 valence electrons. The van der Waals surface area contributed by atoms with Crippen LogP contribution in [-0.2, 0) is 4.79 Å². The summed E-state index contributed by atoms with van der Waals surface area (Å²) in [7, 11) is 0. The zero-order valence-electron chi connectivity index (χ0n) is 8.54. The molecule has 1 amide bonds. The van der Waals surface area contributed by atoms with Crippen LogP contribution in [0.3, 0.4) is 0 Å². The minimum atomic E-state index is 0.349. The standard InChI is InChI=1S/C11H18BrNO/c12-10-6-7-13(8-10)11(14)9-4-2-1-3-5-9/h9-10H,1-8H2. The zero-order valence-corrected chi connectivity index (χ0v) is 10.1. The Bertz CT molecular complexity index is 207. The molecule has 0 N–H and O–H groups in total. The fraction of sp³-hybridized carbons (Fsp3) is 0.909. The van der Waals surface area contributed by atoms with E-state index in [4.69, 9.17) is 0 Å². The van der Waals surface area contributed by atoms with E-state index in [1.165, 1.54) is 19.3 Å². The van der Waals surface area contributed by atoms with Gasteiger partial charge in [-0.2, -0.15) is 0 Å². The molecule has 1 saturated heterocycles. The highest BCUT2D eigenvalue weighted by atomic mass is 79.9. The molecular weight excluding hydrogens is 242 g/mol. The van der Waals surface area contributed by atoms with Crippen molar-refractivity contribution in [3.63, 3.8) is 0 Å². The Morgan fingerprint density at radius 1 is 1.14 bits per heavy atom. The number of rotatable bonds is 1. The first-order valence-electron chi connectivity index (χ1n) is 5.70. The second kappa shape index (κ2) is 4.65. The maximum atomic E-state index is 12.1. The van der Waals surface area contributed by atoms with E-state index in [0.29, 0.717) is 16.7 Å². The highest BCUT2D eigenvalue weighted by Crippen LogP contribution is 2.27. The summed E-state index contributed by atoms with van der Waals surface area (Å²) >= 11 is 3.58. The van der Waals surface area contributed by atoms with Crippen LogP contribution in [0, 0.1) is 5.92 Å². The summed E-state index contributed by atoms with van der Waals surface area (Å²) in [5.41, 5.74) is 0. The monoisotopic (exact) mass is 259 g/mol. The van der Waals surface area contributed by atoms with Gasteiger partial charge in [0.1, 0.15) is 0 Å². The van der Waals surface area contributed by atoms with Crippen molar-refractivity contribution in [1.29, 1.82) is 0 Å². The van der Waals surface area contributed by atoms with Gasteiger partial charge in [0.2, 0.25) is 5.91 Å². The lowest BCUT2D eigenvalue weighted by atomic mass is 9.88. The second-order valence-corrected chi connectivity index (χ2v) is 5.80. The molecule has 0 aromatic rings. The number of nitrogens with zero attached hydrogens (tertiary/aromatic N) is 1.